The number of carbonyl (C=O) groups is 1. The number of rotatable bonds is 3. The van der Waals surface area contributed by atoms with Gasteiger partial charge in [-0.25, -0.2) is 0 Å². The zero-order valence-electron chi connectivity index (χ0n) is 13.4. The summed E-state index contributed by atoms with van der Waals surface area (Å²) in [6.07, 6.45) is 3.46. The third-order valence-corrected chi connectivity index (χ3v) is 4.63. The van der Waals surface area contributed by atoms with Gasteiger partial charge in [-0.15, -0.1) is 0 Å². The highest BCUT2D eigenvalue weighted by atomic mass is 16.2. The van der Waals surface area contributed by atoms with Crippen LogP contribution in [-0.4, -0.2) is 23.9 Å². The Hall–Kier alpha value is -1.55. The van der Waals surface area contributed by atoms with Gasteiger partial charge >= 0.3 is 0 Å². The smallest absolute Gasteiger partial charge is 0.253 e. The molecule has 1 aromatic carbocycles. The number of likely N-dealkylation sites (tertiary alicyclic amines) is 1. The van der Waals surface area contributed by atoms with Gasteiger partial charge in [0.1, 0.15) is 0 Å². The Morgan fingerprint density at radius 1 is 1.33 bits per heavy atom. The van der Waals surface area contributed by atoms with Crippen molar-refractivity contribution in [2.24, 2.45) is 17.7 Å². The van der Waals surface area contributed by atoms with E-state index in [0.29, 0.717) is 5.92 Å². The number of hydrazine groups is 1. The first-order valence-corrected chi connectivity index (χ1v) is 7.89. The van der Waals surface area contributed by atoms with Crippen LogP contribution in [0.25, 0.3) is 0 Å². The highest BCUT2D eigenvalue weighted by Crippen LogP contribution is 2.25. The van der Waals surface area contributed by atoms with Crippen molar-refractivity contribution in [1.82, 2.24) is 4.90 Å². The number of nitrogens with two attached hydrogens (primary N) is 1. The van der Waals surface area contributed by atoms with Crippen LogP contribution >= 0.6 is 0 Å². The van der Waals surface area contributed by atoms with E-state index >= 15 is 0 Å². The van der Waals surface area contributed by atoms with Crippen molar-refractivity contribution in [3.63, 3.8) is 0 Å². The maximum absolute atomic E-state index is 12.7. The van der Waals surface area contributed by atoms with Gasteiger partial charge < -0.3 is 10.3 Å². The normalized spacial score (nSPS) is 19.5. The number of nitrogens with one attached hydrogen (secondary N) is 1. The van der Waals surface area contributed by atoms with Gasteiger partial charge in [-0.3, -0.25) is 10.6 Å². The fourth-order valence-electron chi connectivity index (χ4n) is 3.13. The average molecular weight is 289 g/mol. The number of amides is 1. The second-order valence-corrected chi connectivity index (χ2v) is 6.40. The monoisotopic (exact) mass is 289 g/mol. The molecule has 1 aliphatic rings. The summed E-state index contributed by atoms with van der Waals surface area (Å²) < 4.78 is 0. The van der Waals surface area contributed by atoms with Gasteiger partial charge in [0.25, 0.3) is 5.91 Å². The third kappa shape index (κ3) is 3.76. The summed E-state index contributed by atoms with van der Waals surface area (Å²) in [5.74, 6) is 7.03. The predicted molar refractivity (Wildman–Crippen MR) is 87.1 cm³/mol. The van der Waals surface area contributed by atoms with E-state index in [1.807, 2.05) is 30.0 Å². The molecule has 1 aromatic rings. The van der Waals surface area contributed by atoms with E-state index in [1.54, 1.807) is 0 Å². The summed E-state index contributed by atoms with van der Waals surface area (Å²) in [4.78, 5) is 14.7. The Balaban J connectivity index is 2.07. The van der Waals surface area contributed by atoms with Crippen LogP contribution in [0.4, 0.5) is 5.69 Å². The van der Waals surface area contributed by atoms with Crippen molar-refractivity contribution in [1.29, 1.82) is 0 Å². The first-order valence-electron chi connectivity index (χ1n) is 7.89. The molecule has 0 saturated carbocycles. The van der Waals surface area contributed by atoms with Gasteiger partial charge in [-0.2, -0.15) is 0 Å². The first-order chi connectivity index (χ1) is 10.0. The first kappa shape index (κ1) is 15.8. The molecule has 3 N–H and O–H groups in total. The van der Waals surface area contributed by atoms with E-state index < -0.39 is 0 Å². The maximum Gasteiger partial charge on any atom is 0.253 e. The Bertz CT molecular complexity index is 499. The van der Waals surface area contributed by atoms with Crippen LogP contribution < -0.4 is 11.3 Å². The molecule has 1 aliphatic heterocycles. The molecule has 116 valence electrons. The van der Waals surface area contributed by atoms with Crippen molar-refractivity contribution in [2.45, 2.75) is 40.0 Å². The van der Waals surface area contributed by atoms with Crippen LogP contribution in [0.15, 0.2) is 18.2 Å². The molecule has 21 heavy (non-hydrogen) atoms. The number of nitrogens with zero attached hydrogens (tertiary/aromatic N) is 1. The molecule has 1 unspecified atom stereocenters. The molecule has 1 amide bonds. The SMILES string of the molecule is Cc1cc(C(=O)N2CCCC(C(C)C)CC2)ccc1NN. The van der Waals surface area contributed by atoms with Crippen molar-refractivity contribution in [3.05, 3.63) is 29.3 Å². The molecule has 1 saturated heterocycles. The summed E-state index contributed by atoms with van der Waals surface area (Å²) in [6.45, 7) is 8.27. The molecule has 1 atom stereocenters. The van der Waals surface area contributed by atoms with E-state index in [4.69, 9.17) is 5.84 Å². The van der Waals surface area contributed by atoms with E-state index in [-0.39, 0.29) is 5.91 Å². The van der Waals surface area contributed by atoms with Crippen molar-refractivity contribution in [2.75, 3.05) is 18.5 Å². The van der Waals surface area contributed by atoms with Gasteiger partial charge in [0, 0.05) is 18.7 Å². The number of anilines is 1. The number of benzene rings is 1. The molecule has 2 rings (SSSR count). The lowest BCUT2D eigenvalue weighted by molar-refractivity contribution is 0.0758. The molecule has 1 heterocycles. The Morgan fingerprint density at radius 2 is 2.10 bits per heavy atom. The summed E-state index contributed by atoms with van der Waals surface area (Å²) in [5, 5.41) is 0. The predicted octanol–water partition coefficient (Wildman–Crippen LogP) is 3.18. The minimum absolute atomic E-state index is 0.145. The summed E-state index contributed by atoms with van der Waals surface area (Å²) in [5.41, 5.74) is 5.26. The average Bonchev–Trinajstić information content (AvgIpc) is 2.72. The number of aryl methyl sites for hydroxylation is 1. The lowest BCUT2D eigenvalue weighted by Gasteiger charge is -2.22. The minimum atomic E-state index is 0.145. The fraction of sp³-hybridized carbons (Fsp3) is 0.588. The zero-order valence-corrected chi connectivity index (χ0v) is 13.4. The molecule has 0 radical (unpaired) electrons. The summed E-state index contributed by atoms with van der Waals surface area (Å²) >= 11 is 0. The molecule has 0 aliphatic carbocycles. The highest BCUT2D eigenvalue weighted by molar-refractivity contribution is 5.95. The third-order valence-electron chi connectivity index (χ3n) is 4.63. The Labute approximate surface area is 127 Å². The number of nitrogen functional groups attached to an aromatic ring is 1. The second-order valence-electron chi connectivity index (χ2n) is 6.40. The molecule has 0 spiro atoms. The lowest BCUT2D eigenvalue weighted by atomic mass is 9.89. The van der Waals surface area contributed by atoms with Gasteiger partial charge in [-0.1, -0.05) is 13.8 Å². The van der Waals surface area contributed by atoms with Crippen molar-refractivity contribution >= 4 is 11.6 Å². The standard InChI is InChI=1S/C17H27N3O/c1-12(2)14-5-4-9-20(10-8-14)17(21)15-6-7-16(19-18)13(3)11-15/h6-7,11-12,14,19H,4-5,8-10,18H2,1-3H3. The van der Waals surface area contributed by atoms with E-state index in [2.05, 4.69) is 19.3 Å². The van der Waals surface area contributed by atoms with Gasteiger partial charge in [-0.05, 0) is 61.8 Å². The van der Waals surface area contributed by atoms with Crippen molar-refractivity contribution < 1.29 is 4.79 Å². The van der Waals surface area contributed by atoms with Crippen LogP contribution in [0, 0.1) is 18.8 Å². The number of hydrogen-bond acceptors (Lipinski definition) is 3. The maximum atomic E-state index is 12.7. The second kappa shape index (κ2) is 6.94. The van der Waals surface area contributed by atoms with Crippen LogP contribution in [0.2, 0.25) is 0 Å². The molecule has 1 fully saturated rings. The number of hydrogen-bond donors (Lipinski definition) is 2. The number of carbonyl (C=O) groups excluding carboxylic acids is 1. The quantitative estimate of drug-likeness (QED) is 0.663. The molecule has 0 aromatic heterocycles. The zero-order chi connectivity index (χ0) is 15.4. The van der Waals surface area contributed by atoms with Crippen LogP contribution in [0.3, 0.4) is 0 Å². The Morgan fingerprint density at radius 3 is 2.71 bits per heavy atom. The van der Waals surface area contributed by atoms with Gasteiger partial charge in [0.15, 0.2) is 0 Å². The molecule has 0 bridgehead atoms. The molecule has 4 heteroatoms. The lowest BCUT2D eigenvalue weighted by Crippen LogP contribution is -2.32. The largest absolute Gasteiger partial charge is 0.339 e. The Kier molecular flexibility index (Phi) is 5.23. The van der Waals surface area contributed by atoms with E-state index in [0.717, 1.165) is 48.7 Å². The topological polar surface area (TPSA) is 58.4 Å². The summed E-state index contributed by atoms with van der Waals surface area (Å²) in [7, 11) is 0. The fourth-order valence-corrected chi connectivity index (χ4v) is 3.13. The van der Waals surface area contributed by atoms with Crippen LogP contribution in [-0.2, 0) is 0 Å². The van der Waals surface area contributed by atoms with Crippen molar-refractivity contribution in [3.8, 4) is 0 Å². The minimum Gasteiger partial charge on any atom is -0.339 e. The molecular formula is C17H27N3O. The van der Waals surface area contributed by atoms with Crippen LogP contribution in [0.5, 0.6) is 0 Å². The molecular weight excluding hydrogens is 262 g/mol. The highest BCUT2D eigenvalue weighted by Gasteiger charge is 2.23. The van der Waals surface area contributed by atoms with E-state index in [1.165, 1.54) is 6.42 Å². The van der Waals surface area contributed by atoms with Gasteiger partial charge in [0.2, 0.25) is 0 Å². The summed E-state index contributed by atoms with van der Waals surface area (Å²) in [6, 6.07) is 5.65. The molecule has 4 nitrogen and oxygen atoms in total. The van der Waals surface area contributed by atoms with E-state index in [9.17, 15) is 4.79 Å². The van der Waals surface area contributed by atoms with Gasteiger partial charge in [0.05, 0.1) is 5.69 Å². The van der Waals surface area contributed by atoms with Crippen LogP contribution in [0.1, 0.15) is 49.0 Å².